The number of nitrogens with zero attached hydrogens (tertiary/aromatic N) is 2. The van der Waals surface area contributed by atoms with Crippen molar-refractivity contribution < 1.29 is 4.79 Å². The topological polar surface area (TPSA) is 72.9 Å². The molecule has 0 unspecified atom stereocenters. The Kier molecular flexibility index (Phi) is 4.45. The molecule has 19 heavy (non-hydrogen) atoms. The van der Waals surface area contributed by atoms with E-state index in [2.05, 4.69) is 10.4 Å². The minimum absolute atomic E-state index is 0.114. The zero-order valence-electron chi connectivity index (χ0n) is 11.9. The fourth-order valence-electron chi connectivity index (χ4n) is 2.89. The van der Waals surface area contributed by atoms with Crippen LogP contribution < -0.4 is 11.1 Å². The number of rotatable bonds is 4. The quantitative estimate of drug-likeness (QED) is 0.873. The minimum Gasteiger partial charge on any atom is -0.395 e. The van der Waals surface area contributed by atoms with E-state index in [1.807, 2.05) is 6.92 Å². The Balaban J connectivity index is 1.84. The average molecular weight is 264 g/mol. The molecule has 0 aliphatic heterocycles. The summed E-state index contributed by atoms with van der Waals surface area (Å²) in [7, 11) is 1.75. The molecule has 1 aromatic heterocycles. The molecule has 5 nitrogen and oxygen atoms in total. The van der Waals surface area contributed by atoms with Crippen molar-refractivity contribution in [2.24, 2.45) is 13.0 Å². The maximum absolute atomic E-state index is 12.1. The lowest BCUT2D eigenvalue weighted by Crippen LogP contribution is -2.28. The SMILES string of the molecule is Cc1nn(C)c(C(=O)NCCC2CCCCC2)c1N. The van der Waals surface area contributed by atoms with E-state index in [9.17, 15) is 4.79 Å². The number of aromatic nitrogens is 2. The molecule has 2 rings (SSSR count). The number of anilines is 1. The summed E-state index contributed by atoms with van der Waals surface area (Å²) in [5.74, 6) is 0.663. The van der Waals surface area contributed by atoms with Crippen LogP contribution in [0, 0.1) is 12.8 Å². The van der Waals surface area contributed by atoms with Gasteiger partial charge in [-0.05, 0) is 19.3 Å². The highest BCUT2D eigenvalue weighted by atomic mass is 16.2. The molecule has 0 radical (unpaired) electrons. The van der Waals surface area contributed by atoms with E-state index in [0.29, 0.717) is 17.1 Å². The molecule has 1 aromatic rings. The number of carbonyl (C=O) groups excluding carboxylic acids is 1. The van der Waals surface area contributed by atoms with E-state index in [-0.39, 0.29) is 5.91 Å². The van der Waals surface area contributed by atoms with Crippen molar-refractivity contribution in [2.75, 3.05) is 12.3 Å². The first kappa shape index (κ1) is 13.9. The average Bonchev–Trinajstić information content (AvgIpc) is 2.64. The number of hydrogen-bond donors (Lipinski definition) is 2. The molecular weight excluding hydrogens is 240 g/mol. The van der Waals surface area contributed by atoms with Gasteiger partial charge in [0.15, 0.2) is 0 Å². The third kappa shape index (κ3) is 3.28. The highest BCUT2D eigenvalue weighted by Gasteiger charge is 2.18. The molecule has 0 aromatic carbocycles. The lowest BCUT2D eigenvalue weighted by Gasteiger charge is -2.21. The van der Waals surface area contributed by atoms with Gasteiger partial charge in [-0.2, -0.15) is 5.10 Å². The first-order chi connectivity index (χ1) is 9.09. The van der Waals surface area contributed by atoms with E-state index in [1.54, 1.807) is 11.7 Å². The molecule has 1 fully saturated rings. The molecule has 1 aliphatic carbocycles. The van der Waals surface area contributed by atoms with Crippen molar-refractivity contribution in [3.05, 3.63) is 11.4 Å². The van der Waals surface area contributed by atoms with E-state index >= 15 is 0 Å². The lowest BCUT2D eigenvalue weighted by molar-refractivity contribution is 0.0942. The molecule has 1 amide bonds. The molecule has 0 atom stereocenters. The van der Waals surface area contributed by atoms with Gasteiger partial charge < -0.3 is 11.1 Å². The van der Waals surface area contributed by atoms with Crippen molar-refractivity contribution in [2.45, 2.75) is 45.4 Å². The highest BCUT2D eigenvalue weighted by Crippen LogP contribution is 2.25. The van der Waals surface area contributed by atoms with Crippen LogP contribution >= 0.6 is 0 Å². The van der Waals surface area contributed by atoms with Crippen LogP contribution in [0.15, 0.2) is 0 Å². The second-order valence-electron chi connectivity index (χ2n) is 5.52. The maximum Gasteiger partial charge on any atom is 0.271 e. The second kappa shape index (κ2) is 6.08. The van der Waals surface area contributed by atoms with E-state index < -0.39 is 0 Å². The zero-order chi connectivity index (χ0) is 13.8. The monoisotopic (exact) mass is 264 g/mol. The van der Waals surface area contributed by atoms with Crippen LogP contribution in [0.2, 0.25) is 0 Å². The second-order valence-corrected chi connectivity index (χ2v) is 5.52. The number of hydrogen-bond acceptors (Lipinski definition) is 3. The first-order valence-corrected chi connectivity index (χ1v) is 7.17. The fraction of sp³-hybridized carbons (Fsp3) is 0.714. The summed E-state index contributed by atoms with van der Waals surface area (Å²) in [4.78, 5) is 12.1. The highest BCUT2D eigenvalue weighted by molar-refractivity contribution is 5.97. The molecular formula is C14H24N4O. The summed E-state index contributed by atoms with van der Waals surface area (Å²) >= 11 is 0. The minimum atomic E-state index is -0.114. The van der Waals surface area contributed by atoms with Crippen molar-refractivity contribution in [1.82, 2.24) is 15.1 Å². The molecule has 106 valence electrons. The number of nitrogens with two attached hydrogens (primary N) is 1. The normalized spacial score (nSPS) is 16.5. The van der Waals surface area contributed by atoms with Crippen LogP contribution in [-0.4, -0.2) is 22.2 Å². The Bertz CT molecular complexity index is 447. The van der Waals surface area contributed by atoms with Crippen LogP contribution in [0.3, 0.4) is 0 Å². The zero-order valence-corrected chi connectivity index (χ0v) is 11.9. The van der Waals surface area contributed by atoms with Crippen LogP contribution in [-0.2, 0) is 7.05 Å². The van der Waals surface area contributed by atoms with Crippen molar-refractivity contribution in [1.29, 1.82) is 0 Å². The molecule has 0 bridgehead atoms. The van der Waals surface area contributed by atoms with Crippen LogP contribution in [0.4, 0.5) is 5.69 Å². The van der Waals surface area contributed by atoms with Gasteiger partial charge in [0.1, 0.15) is 5.69 Å². The molecule has 5 heteroatoms. The summed E-state index contributed by atoms with van der Waals surface area (Å²) in [5.41, 5.74) is 7.54. The smallest absolute Gasteiger partial charge is 0.271 e. The molecule has 0 saturated heterocycles. The Morgan fingerprint density at radius 2 is 2.11 bits per heavy atom. The lowest BCUT2D eigenvalue weighted by atomic mass is 9.87. The molecule has 1 aliphatic rings. The van der Waals surface area contributed by atoms with Crippen LogP contribution in [0.25, 0.3) is 0 Å². The summed E-state index contributed by atoms with van der Waals surface area (Å²) in [5, 5.41) is 7.12. The van der Waals surface area contributed by atoms with Gasteiger partial charge in [0, 0.05) is 13.6 Å². The molecule has 1 saturated carbocycles. The number of nitrogen functional groups attached to an aromatic ring is 1. The maximum atomic E-state index is 12.1. The van der Waals surface area contributed by atoms with E-state index in [0.717, 1.165) is 18.9 Å². The van der Waals surface area contributed by atoms with Gasteiger partial charge in [-0.1, -0.05) is 32.1 Å². The van der Waals surface area contributed by atoms with Gasteiger partial charge >= 0.3 is 0 Å². The van der Waals surface area contributed by atoms with Gasteiger partial charge in [-0.3, -0.25) is 9.48 Å². The fourth-order valence-corrected chi connectivity index (χ4v) is 2.89. The Hall–Kier alpha value is -1.52. The van der Waals surface area contributed by atoms with Gasteiger partial charge in [-0.15, -0.1) is 0 Å². The molecule has 1 heterocycles. The van der Waals surface area contributed by atoms with Gasteiger partial charge in [-0.25, -0.2) is 0 Å². The number of aryl methyl sites for hydroxylation is 2. The molecule has 0 spiro atoms. The third-order valence-corrected chi connectivity index (χ3v) is 4.05. The molecule has 3 N–H and O–H groups in total. The number of nitrogens with one attached hydrogen (secondary N) is 1. The van der Waals surface area contributed by atoms with Gasteiger partial charge in [0.25, 0.3) is 5.91 Å². The number of amides is 1. The van der Waals surface area contributed by atoms with Crippen molar-refractivity contribution in [3.63, 3.8) is 0 Å². The summed E-state index contributed by atoms with van der Waals surface area (Å²) in [6, 6.07) is 0. The Morgan fingerprint density at radius 3 is 2.68 bits per heavy atom. The summed E-state index contributed by atoms with van der Waals surface area (Å²) in [6.45, 7) is 2.54. The Morgan fingerprint density at radius 1 is 1.42 bits per heavy atom. The van der Waals surface area contributed by atoms with Crippen LogP contribution in [0.5, 0.6) is 0 Å². The first-order valence-electron chi connectivity index (χ1n) is 7.17. The summed E-state index contributed by atoms with van der Waals surface area (Å²) < 4.78 is 1.56. The van der Waals surface area contributed by atoms with Crippen molar-refractivity contribution in [3.8, 4) is 0 Å². The standard InChI is InChI=1S/C14H24N4O/c1-10-12(15)13(18(2)17-10)14(19)16-9-8-11-6-4-3-5-7-11/h11H,3-9,15H2,1-2H3,(H,16,19). The predicted octanol–water partition coefficient (Wildman–Crippen LogP) is 2.01. The van der Waals surface area contributed by atoms with Gasteiger partial charge in [0.05, 0.1) is 11.4 Å². The number of carbonyl (C=O) groups is 1. The summed E-state index contributed by atoms with van der Waals surface area (Å²) in [6.07, 6.45) is 7.74. The largest absolute Gasteiger partial charge is 0.395 e. The van der Waals surface area contributed by atoms with Gasteiger partial charge in [0.2, 0.25) is 0 Å². The van der Waals surface area contributed by atoms with E-state index in [4.69, 9.17) is 5.73 Å². The van der Waals surface area contributed by atoms with Crippen LogP contribution in [0.1, 0.15) is 54.7 Å². The Labute approximate surface area is 114 Å². The predicted molar refractivity (Wildman–Crippen MR) is 75.9 cm³/mol. The van der Waals surface area contributed by atoms with Crippen molar-refractivity contribution >= 4 is 11.6 Å². The van der Waals surface area contributed by atoms with E-state index in [1.165, 1.54) is 32.1 Å². The third-order valence-electron chi connectivity index (χ3n) is 4.05.